The molecule has 0 saturated heterocycles. The molecule has 0 radical (unpaired) electrons. The van der Waals surface area contributed by atoms with Crippen LogP contribution in [0.4, 0.5) is 17.6 Å². The Balaban J connectivity index is 2.10. The lowest BCUT2D eigenvalue weighted by molar-refractivity contribution is -0.139. The van der Waals surface area contributed by atoms with Crippen molar-refractivity contribution in [1.82, 2.24) is 4.98 Å². The number of halogens is 4. The highest BCUT2D eigenvalue weighted by molar-refractivity contribution is 7.15. The molecule has 0 amide bonds. The van der Waals surface area contributed by atoms with Crippen LogP contribution in [0.3, 0.4) is 0 Å². The van der Waals surface area contributed by atoms with E-state index in [0.717, 1.165) is 30.2 Å². The third kappa shape index (κ3) is 2.55. The molecule has 1 heterocycles. The molecule has 7 heteroatoms. The largest absolute Gasteiger partial charge is 0.419 e. The molecule has 2 aromatic rings. The fourth-order valence-electron chi connectivity index (χ4n) is 2.48. The van der Waals surface area contributed by atoms with Crippen LogP contribution in [-0.2, 0) is 12.6 Å². The van der Waals surface area contributed by atoms with Gasteiger partial charge in [0.15, 0.2) is 0 Å². The number of nitrogens with two attached hydrogens (primary N) is 1. The van der Waals surface area contributed by atoms with E-state index in [1.807, 2.05) is 0 Å². The molecule has 21 heavy (non-hydrogen) atoms. The summed E-state index contributed by atoms with van der Waals surface area (Å²) >= 11 is 1.23. The first-order chi connectivity index (χ1) is 9.88. The standard InChI is InChI=1S/C14H12F4N2S/c15-11-7(3-1-4-8(11)14(16,17)18)13-20-12-9(19)5-2-6-10(12)21-13/h1,3-4,9H,2,5-6,19H2. The minimum absolute atomic E-state index is 0.114. The SMILES string of the molecule is NC1CCCc2sc(-c3cccc(C(F)(F)F)c3F)nc21. The van der Waals surface area contributed by atoms with Crippen molar-refractivity contribution in [2.45, 2.75) is 31.5 Å². The topological polar surface area (TPSA) is 38.9 Å². The van der Waals surface area contributed by atoms with Gasteiger partial charge in [0.25, 0.3) is 0 Å². The van der Waals surface area contributed by atoms with Crippen molar-refractivity contribution in [2.24, 2.45) is 5.73 Å². The zero-order valence-electron chi connectivity index (χ0n) is 10.9. The third-order valence-electron chi connectivity index (χ3n) is 3.53. The molecule has 0 bridgehead atoms. The summed E-state index contributed by atoms with van der Waals surface area (Å²) in [5.41, 5.74) is 5.26. The van der Waals surface area contributed by atoms with Crippen LogP contribution < -0.4 is 5.73 Å². The number of thiazole rings is 1. The van der Waals surface area contributed by atoms with Gasteiger partial charge in [-0.3, -0.25) is 0 Å². The number of aromatic nitrogens is 1. The molecule has 1 aromatic carbocycles. The highest BCUT2D eigenvalue weighted by Gasteiger charge is 2.35. The maximum absolute atomic E-state index is 14.1. The molecule has 3 rings (SSSR count). The van der Waals surface area contributed by atoms with Crippen LogP contribution in [0.25, 0.3) is 10.6 Å². The number of rotatable bonds is 1. The molecule has 0 spiro atoms. The van der Waals surface area contributed by atoms with E-state index < -0.39 is 17.6 Å². The summed E-state index contributed by atoms with van der Waals surface area (Å²) in [6.07, 6.45) is -2.21. The van der Waals surface area contributed by atoms with E-state index in [0.29, 0.717) is 5.69 Å². The second-order valence-corrected chi connectivity index (χ2v) is 6.07. The second-order valence-electron chi connectivity index (χ2n) is 4.99. The molecule has 1 aliphatic rings. The number of nitrogens with zero attached hydrogens (tertiary/aromatic N) is 1. The van der Waals surface area contributed by atoms with Crippen LogP contribution in [0.15, 0.2) is 18.2 Å². The van der Waals surface area contributed by atoms with Gasteiger partial charge in [-0.05, 0) is 31.4 Å². The van der Waals surface area contributed by atoms with Crippen LogP contribution >= 0.6 is 11.3 Å². The number of hydrogen-bond acceptors (Lipinski definition) is 3. The summed E-state index contributed by atoms with van der Waals surface area (Å²) in [6.45, 7) is 0. The molecule has 1 atom stereocenters. The first-order valence-corrected chi connectivity index (χ1v) is 7.31. The van der Waals surface area contributed by atoms with Gasteiger partial charge < -0.3 is 5.73 Å². The molecular formula is C14H12F4N2S. The summed E-state index contributed by atoms with van der Waals surface area (Å²) < 4.78 is 52.4. The van der Waals surface area contributed by atoms with E-state index in [4.69, 9.17) is 5.73 Å². The normalized spacial score (nSPS) is 18.6. The summed E-state index contributed by atoms with van der Waals surface area (Å²) in [6, 6.07) is 3.03. The maximum Gasteiger partial charge on any atom is 0.419 e. The van der Waals surface area contributed by atoms with Gasteiger partial charge in [-0.15, -0.1) is 11.3 Å². The monoisotopic (exact) mass is 316 g/mol. The zero-order chi connectivity index (χ0) is 15.2. The highest BCUT2D eigenvalue weighted by Crippen LogP contribution is 2.39. The molecule has 1 aromatic heterocycles. The van der Waals surface area contributed by atoms with Crippen molar-refractivity contribution in [2.75, 3.05) is 0 Å². The van der Waals surface area contributed by atoms with Crippen LogP contribution in [0.5, 0.6) is 0 Å². The number of benzene rings is 1. The van der Waals surface area contributed by atoms with Crippen LogP contribution in [0.2, 0.25) is 0 Å². The molecular weight excluding hydrogens is 304 g/mol. The summed E-state index contributed by atoms with van der Waals surface area (Å²) in [4.78, 5) is 5.22. The van der Waals surface area contributed by atoms with E-state index in [1.165, 1.54) is 23.5 Å². The number of fused-ring (bicyclic) bond motifs is 1. The lowest BCUT2D eigenvalue weighted by Crippen LogP contribution is -2.16. The number of hydrogen-bond donors (Lipinski definition) is 1. The van der Waals surface area contributed by atoms with Crippen molar-refractivity contribution in [3.05, 3.63) is 40.2 Å². The van der Waals surface area contributed by atoms with E-state index in [1.54, 1.807) is 0 Å². The first-order valence-electron chi connectivity index (χ1n) is 6.49. The fourth-order valence-corrected chi connectivity index (χ4v) is 3.68. The van der Waals surface area contributed by atoms with Crippen molar-refractivity contribution >= 4 is 11.3 Å². The molecule has 2 nitrogen and oxygen atoms in total. The zero-order valence-corrected chi connectivity index (χ0v) is 11.7. The average molecular weight is 316 g/mol. The maximum atomic E-state index is 14.1. The van der Waals surface area contributed by atoms with Gasteiger partial charge in [-0.25, -0.2) is 9.37 Å². The molecule has 0 aliphatic heterocycles. The third-order valence-corrected chi connectivity index (χ3v) is 4.70. The van der Waals surface area contributed by atoms with E-state index in [-0.39, 0.29) is 16.6 Å². The smallest absolute Gasteiger partial charge is 0.323 e. The van der Waals surface area contributed by atoms with E-state index in [2.05, 4.69) is 4.98 Å². The number of alkyl halides is 3. The summed E-state index contributed by atoms with van der Waals surface area (Å²) in [5.74, 6) is -1.27. The lowest BCUT2D eigenvalue weighted by Gasteiger charge is -2.15. The highest BCUT2D eigenvalue weighted by atomic mass is 32.1. The summed E-state index contributed by atoms with van der Waals surface area (Å²) in [7, 11) is 0. The first kappa shape index (κ1) is 14.5. The van der Waals surface area contributed by atoms with Gasteiger partial charge >= 0.3 is 6.18 Å². The van der Waals surface area contributed by atoms with Crippen molar-refractivity contribution in [1.29, 1.82) is 0 Å². The Morgan fingerprint density at radius 1 is 1.29 bits per heavy atom. The van der Waals surface area contributed by atoms with Crippen LogP contribution in [0.1, 0.15) is 35.0 Å². The lowest BCUT2D eigenvalue weighted by atomic mass is 9.99. The van der Waals surface area contributed by atoms with Gasteiger partial charge in [-0.2, -0.15) is 13.2 Å². The predicted molar refractivity (Wildman–Crippen MR) is 72.4 cm³/mol. The van der Waals surface area contributed by atoms with Gasteiger partial charge in [0, 0.05) is 16.5 Å². The Labute approximate surface area is 122 Å². The predicted octanol–water partition coefficient (Wildman–Crippen LogP) is 4.30. The van der Waals surface area contributed by atoms with Crippen molar-refractivity contribution < 1.29 is 17.6 Å². The molecule has 112 valence electrons. The van der Waals surface area contributed by atoms with Crippen molar-refractivity contribution in [3.63, 3.8) is 0 Å². The van der Waals surface area contributed by atoms with Crippen LogP contribution in [-0.4, -0.2) is 4.98 Å². The molecule has 2 N–H and O–H groups in total. The van der Waals surface area contributed by atoms with E-state index in [9.17, 15) is 17.6 Å². The van der Waals surface area contributed by atoms with Crippen molar-refractivity contribution in [3.8, 4) is 10.6 Å². The minimum atomic E-state index is -4.71. The Bertz CT molecular complexity index is 678. The minimum Gasteiger partial charge on any atom is -0.323 e. The van der Waals surface area contributed by atoms with Gasteiger partial charge in [0.05, 0.1) is 11.3 Å². The molecule has 1 aliphatic carbocycles. The Morgan fingerprint density at radius 3 is 2.71 bits per heavy atom. The quantitative estimate of drug-likeness (QED) is 0.797. The van der Waals surface area contributed by atoms with Gasteiger partial charge in [-0.1, -0.05) is 6.07 Å². The Kier molecular flexibility index (Phi) is 3.49. The van der Waals surface area contributed by atoms with Crippen LogP contribution in [0, 0.1) is 5.82 Å². The molecule has 0 saturated carbocycles. The second kappa shape index (κ2) is 5.06. The Morgan fingerprint density at radius 2 is 2.05 bits per heavy atom. The average Bonchev–Trinajstić information content (AvgIpc) is 2.83. The molecule has 0 fully saturated rings. The fraction of sp³-hybridized carbons (Fsp3) is 0.357. The number of aryl methyl sites for hydroxylation is 1. The molecule has 1 unspecified atom stereocenters. The van der Waals surface area contributed by atoms with Gasteiger partial charge in [0.1, 0.15) is 10.8 Å². The van der Waals surface area contributed by atoms with E-state index >= 15 is 0 Å². The summed E-state index contributed by atoms with van der Waals surface area (Å²) in [5, 5.41) is 0.265. The van der Waals surface area contributed by atoms with Gasteiger partial charge in [0.2, 0.25) is 0 Å². The Hall–Kier alpha value is -1.47.